The molecule has 1 fully saturated rings. The van der Waals surface area contributed by atoms with Crippen LogP contribution in [0, 0.1) is 0 Å². The maximum atomic E-state index is 12.0. The van der Waals surface area contributed by atoms with Crippen molar-refractivity contribution in [1.82, 2.24) is 14.9 Å². The summed E-state index contributed by atoms with van der Waals surface area (Å²) in [6, 6.07) is 7.43. The number of fused-ring (bicyclic) bond motifs is 1. The number of imidazole rings is 1. The first-order valence-corrected chi connectivity index (χ1v) is 7.05. The minimum atomic E-state index is -0.458. The zero-order valence-corrected chi connectivity index (χ0v) is 12.4. The third-order valence-corrected chi connectivity index (χ3v) is 3.27. The highest BCUT2D eigenvalue weighted by Gasteiger charge is 2.31. The van der Waals surface area contributed by atoms with Crippen LogP contribution in [0.3, 0.4) is 0 Å². The molecule has 2 aromatic rings. The van der Waals surface area contributed by atoms with Crippen molar-refractivity contribution in [2.75, 3.05) is 7.11 Å². The highest BCUT2D eigenvalue weighted by Crippen LogP contribution is 2.29. The smallest absolute Gasteiger partial charge is 0.297 e. The molecular formula is C15H19N3O3. The highest BCUT2D eigenvalue weighted by molar-refractivity contribution is 6.00. The number of methoxy groups -OCH3 is 1. The van der Waals surface area contributed by atoms with Crippen LogP contribution >= 0.6 is 0 Å². The third kappa shape index (κ3) is 2.74. The fourth-order valence-corrected chi connectivity index (χ4v) is 2.40. The van der Waals surface area contributed by atoms with Crippen LogP contribution < -0.4 is 10.1 Å². The quantitative estimate of drug-likeness (QED) is 0.859. The molecule has 0 spiro atoms. The van der Waals surface area contributed by atoms with Gasteiger partial charge in [-0.15, -0.1) is 0 Å². The predicted molar refractivity (Wildman–Crippen MR) is 79.1 cm³/mol. The molecule has 6 nitrogen and oxygen atoms in total. The van der Waals surface area contributed by atoms with Crippen LogP contribution in [0.2, 0.25) is 0 Å². The molecule has 1 unspecified atom stereocenters. The lowest BCUT2D eigenvalue weighted by atomic mass is 10.1. The molecule has 3 rings (SSSR count). The van der Waals surface area contributed by atoms with Crippen LogP contribution in [0.5, 0.6) is 6.01 Å². The molecule has 1 aromatic heterocycles. The Hall–Kier alpha value is -2.37. The molecule has 112 valence electrons. The summed E-state index contributed by atoms with van der Waals surface area (Å²) in [5.41, 5.74) is 1.60. The van der Waals surface area contributed by atoms with E-state index in [1.165, 1.54) is 7.11 Å². The molecule has 0 radical (unpaired) electrons. The molecule has 1 aromatic carbocycles. The lowest BCUT2D eigenvalue weighted by molar-refractivity contribution is -0.135. The van der Waals surface area contributed by atoms with E-state index >= 15 is 0 Å². The lowest BCUT2D eigenvalue weighted by Gasteiger charge is -2.23. The Bertz CT molecular complexity index is 663. The number of imide groups is 1. The van der Waals surface area contributed by atoms with Crippen LogP contribution in [0.25, 0.3) is 11.0 Å². The van der Waals surface area contributed by atoms with Crippen molar-refractivity contribution in [2.24, 2.45) is 0 Å². The summed E-state index contributed by atoms with van der Waals surface area (Å²) in [4.78, 5) is 27.5. The second-order valence-electron chi connectivity index (χ2n) is 4.42. The van der Waals surface area contributed by atoms with E-state index in [2.05, 4.69) is 10.3 Å². The molecule has 21 heavy (non-hydrogen) atoms. The van der Waals surface area contributed by atoms with E-state index in [1.807, 2.05) is 38.1 Å². The molecule has 1 saturated heterocycles. The number of ether oxygens (including phenoxy) is 1. The number of aromatic nitrogens is 2. The Labute approximate surface area is 123 Å². The van der Waals surface area contributed by atoms with E-state index in [0.717, 1.165) is 11.0 Å². The van der Waals surface area contributed by atoms with Crippen molar-refractivity contribution < 1.29 is 14.3 Å². The van der Waals surface area contributed by atoms with Crippen molar-refractivity contribution >= 4 is 22.8 Å². The van der Waals surface area contributed by atoms with Crippen molar-refractivity contribution in [3.8, 4) is 6.01 Å². The standard InChI is InChI=1S/C13H13N3O3.C2H6/c1-19-13-14-8-4-2-3-5-9(8)16(13)10-6-7-11(17)15-12(10)18;1-2/h2-5,10H,6-7H2,1H3,(H,15,17,18);1-2H3. The van der Waals surface area contributed by atoms with E-state index in [-0.39, 0.29) is 11.8 Å². The van der Waals surface area contributed by atoms with Gasteiger partial charge in [0, 0.05) is 6.42 Å². The summed E-state index contributed by atoms with van der Waals surface area (Å²) in [6.07, 6.45) is 0.785. The van der Waals surface area contributed by atoms with Gasteiger partial charge in [-0.3, -0.25) is 19.5 Å². The van der Waals surface area contributed by atoms with Gasteiger partial charge in [-0.1, -0.05) is 26.0 Å². The first-order valence-electron chi connectivity index (χ1n) is 7.05. The van der Waals surface area contributed by atoms with Gasteiger partial charge in [0.2, 0.25) is 11.8 Å². The molecule has 1 aliphatic rings. The maximum Gasteiger partial charge on any atom is 0.297 e. The largest absolute Gasteiger partial charge is 0.468 e. The van der Waals surface area contributed by atoms with E-state index in [0.29, 0.717) is 18.9 Å². The minimum Gasteiger partial charge on any atom is -0.468 e. The number of rotatable bonds is 2. The van der Waals surface area contributed by atoms with Crippen LogP contribution in [0.4, 0.5) is 0 Å². The minimum absolute atomic E-state index is 0.232. The number of benzene rings is 1. The molecule has 1 aliphatic heterocycles. The molecule has 1 N–H and O–H groups in total. The Morgan fingerprint density at radius 3 is 2.67 bits per heavy atom. The molecule has 0 saturated carbocycles. The van der Waals surface area contributed by atoms with Gasteiger partial charge < -0.3 is 4.74 Å². The van der Waals surface area contributed by atoms with Crippen LogP contribution in [-0.4, -0.2) is 28.5 Å². The summed E-state index contributed by atoms with van der Waals surface area (Å²) >= 11 is 0. The first-order chi connectivity index (χ1) is 10.2. The zero-order valence-electron chi connectivity index (χ0n) is 12.4. The zero-order chi connectivity index (χ0) is 15.4. The number of nitrogens with zero attached hydrogens (tertiary/aromatic N) is 2. The average molecular weight is 289 g/mol. The maximum absolute atomic E-state index is 12.0. The van der Waals surface area contributed by atoms with Gasteiger partial charge >= 0.3 is 0 Å². The number of para-hydroxylation sites is 2. The van der Waals surface area contributed by atoms with E-state index in [4.69, 9.17) is 4.74 Å². The summed E-state index contributed by atoms with van der Waals surface area (Å²) in [5, 5.41) is 2.35. The van der Waals surface area contributed by atoms with Gasteiger partial charge in [0.1, 0.15) is 6.04 Å². The Morgan fingerprint density at radius 2 is 2.00 bits per heavy atom. The second kappa shape index (κ2) is 6.39. The summed E-state index contributed by atoms with van der Waals surface area (Å²) in [6.45, 7) is 4.00. The SMILES string of the molecule is CC.COc1nc2ccccc2n1C1CCC(=O)NC1=O. The number of hydrogen-bond donors (Lipinski definition) is 1. The van der Waals surface area contributed by atoms with Gasteiger partial charge in [0.15, 0.2) is 0 Å². The van der Waals surface area contributed by atoms with Gasteiger partial charge in [-0.05, 0) is 18.6 Å². The molecule has 2 amide bonds. The van der Waals surface area contributed by atoms with Crippen LogP contribution in [0.1, 0.15) is 32.7 Å². The number of piperidine rings is 1. The van der Waals surface area contributed by atoms with E-state index in [9.17, 15) is 9.59 Å². The predicted octanol–water partition coefficient (Wildman–Crippen LogP) is 2.05. The fraction of sp³-hybridized carbons (Fsp3) is 0.400. The van der Waals surface area contributed by atoms with Gasteiger partial charge in [0.25, 0.3) is 6.01 Å². The summed E-state index contributed by atoms with van der Waals surface area (Å²) in [7, 11) is 1.52. The monoisotopic (exact) mass is 289 g/mol. The van der Waals surface area contributed by atoms with Crippen molar-refractivity contribution in [1.29, 1.82) is 0 Å². The number of amides is 2. The van der Waals surface area contributed by atoms with Crippen molar-refractivity contribution in [3.05, 3.63) is 24.3 Å². The first kappa shape index (κ1) is 15.0. The molecule has 2 heterocycles. The molecule has 0 bridgehead atoms. The van der Waals surface area contributed by atoms with Gasteiger partial charge in [-0.2, -0.15) is 4.98 Å². The van der Waals surface area contributed by atoms with Crippen LogP contribution in [-0.2, 0) is 9.59 Å². The van der Waals surface area contributed by atoms with E-state index in [1.54, 1.807) is 4.57 Å². The number of hydrogen-bond acceptors (Lipinski definition) is 4. The Morgan fingerprint density at radius 1 is 1.29 bits per heavy atom. The highest BCUT2D eigenvalue weighted by atomic mass is 16.5. The second-order valence-corrected chi connectivity index (χ2v) is 4.42. The molecule has 0 aliphatic carbocycles. The summed E-state index contributed by atoms with van der Waals surface area (Å²) in [5.74, 6) is -0.539. The van der Waals surface area contributed by atoms with Crippen molar-refractivity contribution in [2.45, 2.75) is 32.7 Å². The Balaban J connectivity index is 0.000000774. The Kier molecular flexibility index (Phi) is 4.57. The average Bonchev–Trinajstić information content (AvgIpc) is 2.88. The molecule has 6 heteroatoms. The van der Waals surface area contributed by atoms with Gasteiger partial charge in [0.05, 0.1) is 18.1 Å². The third-order valence-electron chi connectivity index (χ3n) is 3.27. The van der Waals surface area contributed by atoms with Gasteiger partial charge in [-0.25, -0.2) is 0 Å². The summed E-state index contributed by atoms with van der Waals surface area (Å²) < 4.78 is 6.99. The van der Waals surface area contributed by atoms with Crippen LogP contribution in [0.15, 0.2) is 24.3 Å². The normalized spacial score (nSPS) is 18.0. The molecule has 1 atom stereocenters. The molecular weight excluding hydrogens is 270 g/mol. The topological polar surface area (TPSA) is 73.2 Å². The van der Waals surface area contributed by atoms with Crippen molar-refractivity contribution in [3.63, 3.8) is 0 Å². The lowest BCUT2D eigenvalue weighted by Crippen LogP contribution is -2.41. The van der Waals surface area contributed by atoms with E-state index < -0.39 is 6.04 Å². The number of nitrogens with one attached hydrogen (secondary N) is 1. The number of carbonyl (C=O) groups is 2. The number of carbonyl (C=O) groups excluding carboxylic acids is 2. The fourth-order valence-electron chi connectivity index (χ4n) is 2.40.